The summed E-state index contributed by atoms with van der Waals surface area (Å²) < 4.78 is 0. The van der Waals surface area contributed by atoms with Crippen molar-refractivity contribution in [3.8, 4) is 0 Å². The van der Waals surface area contributed by atoms with Crippen molar-refractivity contribution in [1.29, 1.82) is 0 Å². The van der Waals surface area contributed by atoms with Gasteiger partial charge >= 0.3 is 11.8 Å². The molecule has 0 aliphatic carbocycles. The summed E-state index contributed by atoms with van der Waals surface area (Å²) in [7, 11) is 3.64. The molecule has 0 bridgehead atoms. The summed E-state index contributed by atoms with van der Waals surface area (Å²) in [5.74, 6) is -1.88. The zero-order valence-electron chi connectivity index (χ0n) is 8.07. The molecule has 7 heteroatoms. The average Bonchev–Trinajstić information content (AvgIpc) is 2.34. The smallest absolute Gasteiger partial charge is 0.329 e. The van der Waals surface area contributed by atoms with E-state index in [4.69, 9.17) is 0 Å². The van der Waals surface area contributed by atoms with E-state index in [9.17, 15) is 19.5 Å². The fraction of sp³-hybridized carbons (Fsp3) is 0.571. The van der Waals surface area contributed by atoms with E-state index in [2.05, 4.69) is 5.32 Å². The van der Waals surface area contributed by atoms with Gasteiger partial charge in [0.25, 0.3) is 11.8 Å². The molecule has 1 rings (SSSR count). The van der Waals surface area contributed by atoms with Crippen molar-refractivity contribution in [2.24, 2.45) is 0 Å². The quantitative estimate of drug-likeness (QED) is 0.377. The molecule has 4 amide bonds. The fourth-order valence-electron chi connectivity index (χ4n) is 1.25. The van der Waals surface area contributed by atoms with E-state index in [1.807, 2.05) is 0 Å². The maximum atomic E-state index is 11.4. The van der Waals surface area contributed by atoms with Crippen molar-refractivity contribution in [3.63, 3.8) is 0 Å². The number of nitrogens with zero attached hydrogens (tertiary/aromatic N) is 2. The molecule has 0 radical (unpaired) electrons. The van der Waals surface area contributed by atoms with Crippen molar-refractivity contribution >= 4 is 17.8 Å². The first kappa shape index (κ1) is 10.5. The van der Waals surface area contributed by atoms with E-state index in [-0.39, 0.29) is 0 Å². The number of aliphatic hydroxyl groups is 1. The molecule has 0 aromatic rings. The van der Waals surface area contributed by atoms with Crippen LogP contribution in [0.3, 0.4) is 0 Å². The lowest BCUT2D eigenvalue weighted by atomic mass is 10.2. The minimum absolute atomic E-state index is 0.689. The van der Waals surface area contributed by atoms with Crippen LogP contribution < -0.4 is 5.32 Å². The van der Waals surface area contributed by atoms with Gasteiger partial charge in [0.2, 0.25) is 0 Å². The average molecular weight is 201 g/mol. The molecular formula is C7H11N3O4. The van der Waals surface area contributed by atoms with E-state index in [1.54, 1.807) is 0 Å². The number of carbonyl (C=O) groups excluding carboxylic acids is 3. The van der Waals surface area contributed by atoms with Crippen molar-refractivity contribution in [2.45, 2.75) is 5.72 Å². The molecule has 0 aromatic heterocycles. The number of hydrogen-bond acceptors (Lipinski definition) is 4. The van der Waals surface area contributed by atoms with E-state index in [0.29, 0.717) is 9.80 Å². The SMILES string of the molecule is CNC(=O)[C@]1(O)C(=O)N(C)C(=O)N1C. The van der Waals surface area contributed by atoms with Gasteiger partial charge in [0.05, 0.1) is 0 Å². The minimum atomic E-state index is -2.42. The van der Waals surface area contributed by atoms with E-state index in [1.165, 1.54) is 21.1 Å². The van der Waals surface area contributed by atoms with Crippen molar-refractivity contribution in [1.82, 2.24) is 15.1 Å². The number of rotatable bonds is 1. The largest absolute Gasteiger partial charge is 0.356 e. The Kier molecular flexibility index (Phi) is 2.20. The third-order valence-electron chi connectivity index (χ3n) is 2.21. The molecule has 0 spiro atoms. The highest BCUT2D eigenvalue weighted by molar-refractivity contribution is 6.18. The molecule has 1 atom stereocenters. The van der Waals surface area contributed by atoms with Gasteiger partial charge in [-0.05, 0) is 0 Å². The van der Waals surface area contributed by atoms with Gasteiger partial charge in [-0.3, -0.25) is 19.4 Å². The summed E-state index contributed by atoms with van der Waals surface area (Å²) in [6.45, 7) is 0. The van der Waals surface area contributed by atoms with Crippen LogP contribution in [0.25, 0.3) is 0 Å². The molecule has 1 heterocycles. The lowest BCUT2D eigenvalue weighted by Crippen LogP contribution is -2.58. The Hall–Kier alpha value is -1.63. The molecule has 1 saturated heterocycles. The summed E-state index contributed by atoms with van der Waals surface area (Å²) in [6.07, 6.45) is 0. The lowest BCUT2D eigenvalue weighted by molar-refractivity contribution is -0.164. The van der Waals surface area contributed by atoms with Gasteiger partial charge in [-0.25, -0.2) is 4.79 Å². The first-order chi connectivity index (χ1) is 6.37. The maximum absolute atomic E-state index is 11.4. The van der Waals surface area contributed by atoms with Crippen LogP contribution in [0.2, 0.25) is 0 Å². The molecule has 1 fully saturated rings. The highest BCUT2D eigenvalue weighted by Crippen LogP contribution is 2.22. The van der Waals surface area contributed by atoms with Crippen molar-refractivity contribution in [2.75, 3.05) is 21.1 Å². The molecule has 78 valence electrons. The second-order valence-corrected chi connectivity index (χ2v) is 2.96. The number of amides is 4. The Morgan fingerprint density at radius 2 is 1.93 bits per heavy atom. The molecule has 7 nitrogen and oxygen atoms in total. The molecule has 1 aliphatic heterocycles. The van der Waals surface area contributed by atoms with Gasteiger partial charge in [0.1, 0.15) is 0 Å². The summed E-state index contributed by atoms with van der Waals surface area (Å²) in [5.41, 5.74) is -2.42. The van der Waals surface area contributed by atoms with Crippen LogP contribution in [0.5, 0.6) is 0 Å². The second-order valence-electron chi connectivity index (χ2n) is 2.96. The zero-order valence-corrected chi connectivity index (χ0v) is 8.07. The Balaban J connectivity index is 3.17. The van der Waals surface area contributed by atoms with Crippen LogP contribution in [0.15, 0.2) is 0 Å². The highest BCUT2D eigenvalue weighted by atomic mass is 16.4. The minimum Gasteiger partial charge on any atom is -0.356 e. The number of carbonyl (C=O) groups is 3. The van der Waals surface area contributed by atoms with Gasteiger partial charge in [-0.1, -0.05) is 0 Å². The molecule has 0 unspecified atom stereocenters. The van der Waals surface area contributed by atoms with Gasteiger partial charge in [0, 0.05) is 21.1 Å². The van der Waals surface area contributed by atoms with Gasteiger partial charge < -0.3 is 10.4 Å². The van der Waals surface area contributed by atoms with Crippen LogP contribution >= 0.6 is 0 Å². The van der Waals surface area contributed by atoms with Gasteiger partial charge in [0.15, 0.2) is 0 Å². The Morgan fingerprint density at radius 3 is 2.21 bits per heavy atom. The third-order valence-corrected chi connectivity index (χ3v) is 2.21. The standard InChI is InChI=1S/C7H11N3O4/c1-8-4(11)7(14)5(12)9(2)6(13)10(7)3/h14H,1-3H3,(H,8,11)/t7-/m0/s1. The molecule has 0 aromatic carbocycles. The molecule has 14 heavy (non-hydrogen) atoms. The van der Waals surface area contributed by atoms with Gasteiger partial charge in [-0.2, -0.15) is 0 Å². The first-order valence-corrected chi connectivity index (χ1v) is 3.87. The fourth-order valence-corrected chi connectivity index (χ4v) is 1.25. The van der Waals surface area contributed by atoms with Crippen LogP contribution in [0.4, 0.5) is 4.79 Å². The number of imide groups is 1. The number of likely N-dealkylation sites (N-methyl/N-ethyl adjacent to an activating group) is 3. The topological polar surface area (TPSA) is 90.0 Å². The number of nitrogens with one attached hydrogen (secondary N) is 1. The first-order valence-electron chi connectivity index (χ1n) is 3.87. The van der Waals surface area contributed by atoms with Crippen molar-refractivity contribution < 1.29 is 19.5 Å². The summed E-state index contributed by atoms with van der Waals surface area (Å²) in [4.78, 5) is 35.3. The summed E-state index contributed by atoms with van der Waals surface area (Å²) in [6, 6.07) is -0.721. The molecule has 2 N–H and O–H groups in total. The maximum Gasteiger partial charge on any atom is 0.329 e. The van der Waals surface area contributed by atoms with Crippen LogP contribution in [0, 0.1) is 0 Å². The molecule has 0 saturated carbocycles. The predicted octanol–water partition coefficient (Wildman–Crippen LogP) is -2.06. The molecule has 1 aliphatic rings. The molecular weight excluding hydrogens is 190 g/mol. The van der Waals surface area contributed by atoms with Crippen LogP contribution in [-0.2, 0) is 9.59 Å². The Labute approximate surface area is 80.3 Å². The lowest BCUT2D eigenvalue weighted by Gasteiger charge is -2.23. The summed E-state index contributed by atoms with van der Waals surface area (Å²) >= 11 is 0. The Morgan fingerprint density at radius 1 is 1.43 bits per heavy atom. The van der Waals surface area contributed by atoms with E-state index >= 15 is 0 Å². The number of urea groups is 1. The van der Waals surface area contributed by atoms with Crippen molar-refractivity contribution in [3.05, 3.63) is 0 Å². The zero-order chi connectivity index (χ0) is 11.1. The summed E-state index contributed by atoms with van der Waals surface area (Å²) in [5, 5.41) is 11.9. The van der Waals surface area contributed by atoms with Crippen LogP contribution in [-0.4, -0.2) is 59.6 Å². The Bertz CT molecular complexity index is 316. The highest BCUT2D eigenvalue weighted by Gasteiger charge is 2.58. The monoisotopic (exact) mass is 201 g/mol. The third kappa shape index (κ3) is 0.987. The normalized spacial score (nSPS) is 27.1. The predicted molar refractivity (Wildman–Crippen MR) is 44.9 cm³/mol. The number of hydrogen-bond donors (Lipinski definition) is 2. The van der Waals surface area contributed by atoms with Gasteiger partial charge in [-0.15, -0.1) is 0 Å². The van der Waals surface area contributed by atoms with E-state index in [0.717, 1.165) is 0 Å². The van der Waals surface area contributed by atoms with E-state index < -0.39 is 23.6 Å². The second kappa shape index (κ2) is 2.95. The van der Waals surface area contributed by atoms with Crippen LogP contribution in [0.1, 0.15) is 0 Å².